The van der Waals surface area contributed by atoms with Crippen molar-refractivity contribution in [2.24, 2.45) is 5.92 Å². The lowest BCUT2D eigenvalue weighted by Crippen LogP contribution is -2.44. The molecule has 1 aliphatic heterocycles. The van der Waals surface area contributed by atoms with Crippen LogP contribution in [0.2, 0.25) is 0 Å². The molecule has 3 aromatic rings. The highest BCUT2D eigenvalue weighted by atomic mass is 16.7. The monoisotopic (exact) mass is 647 g/mol. The van der Waals surface area contributed by atoms with Crippen LogP contribution in [0, 0.1) is 5.92 Å². The summed E-state index contributed by atoms with van der Waals surface area (Å²) < 4.78 is 13.1. The van der Waals surface area contributed by atoms with Gasteiger partial charge in [-0.1, -0.05) is 74.0 Å². The molecular formula is C37H49N3O7. The number of aliphatic hydroxyl groups is 2. The van der Waals surface area contributed by atoms with Crippen LogP contribution >= 0.6 is 0 Å². The van der Waals surface area contributed by atoms with Gasteiger partial charge in [0.15, 0.2) is 6.29 Å². The molecule has 0 saturated carbocycles. The lowest BCUT2D eigenvalue weighted by atomic mass is 9.90. The van der Waals surface area contributed by atoms with Crippen molar-refractivity contribution in [3.63, 3.8) is 0 Å². The second-order valence-electron chi connectivity index (χ2n) is 12.5. The third-order valence-corrected chi connectivity index (χ3v) is 8.55. The molecule has 10 heteroatoms. The Hall–Kier alpha value is -3.80. The Morgan fingerprint density at radius 3 is 2.30 bits per heavy atom. The Balaban J connectivity index is 1.38. The molecular weight excluding hydrogens is 598 g/mol. The Kier molecular flexibility index (Phi) is 13.8. The summed E-state index contributed by atoms with van der Waals surface area (Å²) >= 11 is 0. The number of rotatable bonds is 16. The summed E-state index contributed by atoms with van der Waals surface area (Å²) in [5, 5.41) is 36.0. The highest BCUT2D eigenvalue weighted by molar-refractivity contribution is 5.75. The van der Waals surface area contributed by atoms with Crippen LogP contribution in [0.25, 0.3) is 0 Å². The molecule has 254 valence electrons. The van der Waals surface area contributed by atoms with E-state index >= 15 is 0 Å². The fourth-order valence-electron chi connectivity index (χ4n) is 5.78. The van der Waals surface area contributed by atoms with Gasteiger partial charge >= 0.3 is 0 Å². The highest BCUT2D eigenvalue weighted by Gasteiger charge is 2.39. The van der Waals surface area contributed by atoms with Gasteiger partial charge in [0.25, 0.3) is 0 Å². The summed E-state index contributed by atoms with van der Waals surface area (Å²) in [5.74, 6) is 0.0526. The Labute approximate surface area is 277 Å². The molecule has 10 nitrogen and oxygen atoms in total. The number of unbranched alkanes of at least 4 members (excludes halogenated alkanes) is 2. The number of amides is 2. The summed E-state index contributed by atoms with van der Waals surface area (Å²) in [6.07, 6.45) is 1.04. The number of phenols is 1. The van der Waals surface area contributed by atoms with Crippen molar-refractivity contribution in [1.82, 2.24) is 15.5 Å². The third-order valence-electron chi connectivity index (χ3n) is 8.55. The minimum Gasteiger partial charge on any atom is -0.508 e. The number of phenolic OH excluding ortho intramolecular Hbond substituents is 1. The molecule has 0 aliphatic carbocycles. The zero-order valence-electron chi connectivity index (χ0n) is 27.6. The van der Waals surface area contributed by atoms with E-state index in [1.807, 2.05) is 60.5 Å². The van der Waals surface area contributed by atoms with E-state index < -0.39 is 12.4 Å². The van der Waals surface area contributed by atoms with Crippen LogP contribution in [0.15, 0.2) is 72.8 Å². The number of carbonyl (C=O) groups is 2. The lowest BCUT2D eigenvalue weighted by molar-refractivity contribution is -0.276. The summed E-state index contributed by atoms with van der Waals surface area (Å²) in [7, 11) is 1.94. The van der Waals surface area contributed by atoms with Crippen molar-refractivity contribution in [2.45, 2.75) is 77.3 Å². The quantitative estimate of drug-likeness (QED) is 0.142. The first-order valence-corrected chi connectivity index (χ1v) is 16.4. The standard InChI is InChI=1S/C37H49N3O7/c1-25-34(23-40(3)22-33(44)31-8-7-9-32(43)20-31)46-37(47-36(25)29-15-13-28(24-41)14-16-29)30-17-11-27(12-18-30)21-39-35(45)10-5-4-6-19-38-26(2)42/h7-9,11-18,20,25,33-34,36-37,41,43-44H,4-6,10,19,21-24H2,1-3H3,(H,38,42)(H,39,45)/t25-,33+,34+,36+,37+/m0/s1. The molecule has 1 fully saturated rings. The van der Waals surface area contributed by atoms with E-state index in [1.165, 1.54) is 6.92 Å². The first-order valence-electron chi connectivity index (χ1n) is 16.4. The van der Waals surface area contributed by atoms with Crippen LogP contribution in [-0.2, 0) is 32.2 Å². The van der Waals surface area contributed by atoms with E-state index in [4.69, 9.17) is 9.47 Å². The van der Waals surface area contributed by atoms with E-state index in [0.717, 1.165) is 41.5 Å². The van der Waals surface area contributed by atoms with Gasteiger partial charge in [-0.25, -0.2) is 0 Å². The maximum Gasteiger partial charge on any atom is 0.220 e. The van der Waals surface area contributed by atoms with E-state index in [9.17, 15) is 24.9 Å². The molecule has 5 N–H and O–H groups in total. The number of benzene rings is 3. The number of aromatic hydroxyl groups is 1. The maximum absolute atomic E-state index is 12.3. The van der Waals surface area contributed by atoms with Crippen molar-refractivity contribution < 1.29 is 34.4 Å². The summed E-state index contributed by atoms with van der Waals surface area (Å²) in [5.41, 5.74) is 4.28. The van der Waals surface area contributed by atoms with Crippen molar-refractivity contribution in [3.8, 4) is 5.75 Å². The minimum atomic E-state index is -0.775. The van der Waals surface area contributed by atoms with Crippen LogP contribution in [0.3, 0.4) is 0 Å². The van der Waals surface area contributed by atoms with Crippen LogP contribution in [0.1, 0.15) is 85.8 Å². The second-order valence-corrected chi connectivity index (χ2v) is 12.5. The Morgan fingerprint density at radius 1 is 0.915 bits per heavy atom. The van der Waals surface area contributed by atoms with Crippen molar-refractivity contribution in [3.05, 3.63) is 101 Å². The SMILES string of the molecule is CC(=O)NCCCCCC(=O)NCc1ccc([C@@H]2O[C@H](CN(C)C[C@@H](O)c3cccc(O)c3)[C@H](C)[C@H](c3ccc(CO)cc3)O2)cc1. The Morgan fingerprint density at radius 2 is 1.62 bits per heavy atom. The van der Waals surface area contributed by atoms with E-state index in [1.54, 1.807) is 24.3 Å². The molecule has 1 heterocycles. The van der Waals surface area contributed by atoms with E-state index in [0.29, 0.717) is 38.2 Å². The molecule has 5 atom stereocenters. The van der Waals surface area contributed by atoms with Gasteiger partial charge < -0.3 is 40.3 Å². The van der Waals surface area contributed by atoms with E-state index in [2.05, 4.69) is 17.6 Å². The predicted octanol–water partition coefficient (Wildman–Crippen LogP) is 4.65. The highest BCUT2D eigenvalue weighted by Crippen LogP contribution is 2.42. The summed E-state index contributed by atoms with van der Waals surface area (Å²) in [4.78, 5) is 25.3. The van der Waals surface area contributed by atoms with Crippen LogP contribution in [0.5, 0.6) is 5.75 Å². The smallest absolute Gasteiger partial charge is 0.220 e. The maximum atomic E-state index is 12.3. The number of carbonyl (C=O) groups excluding carboxylic acids is 2. The minimum absolute atomic E-state index is 0.00209. The lowest BCUT2D eigenvalue weighted by Gasteiger charge is -2.42. The molecule has 4 rings (SSSR count). The number of nitrogens with zero attached hydrogens (tertiary/aromatic N) is 1. The molecule has 2 amide bonds. The molecule has 0 unspecified atom stereocenters. The number of hydrogen-bond donors (Lipinski definition) is 5. The summed E-state index contributed by atoms with van der Waals surface area (Å²) in [6, 6.07) is 22.3. The predicted molar refractivity (Wildman–Crippen MR) is 179 cm³/mol. The van der Waals surface area contributed by atoms with Gasteiger partial charge in [-0.15, -0.1) is 0 Å². The third kappa shape index (κ3) is 11.2. The van der Waals surface area contributed by atoms with Gasteiger partial charge in [0.1, 0.15) is 5.75 Å². The van der Waals surface area contributed by atoms with E-state index in [-0.39, 0.29) is 42.3 Å². The first kappa shape index (κ1) is 36.0. The molecule has 1 aliphatic rings. The summed E-state index contributed by atoms with van der Waals surface area (Å²) in [6.45, 7) is 5.51. The van der Waals surface area contributed by atoms with Gasteiger partial charge in [-0.2, -0.15) is 0 Å². The Bertz CT molecular complexity index is 1420. The van der Waals surface area contributed by atoms with Crippen LogP contribution in [0.4, 0.5) is 0 Å². The molecule has 47 heavy (non-hydrogen) atoms. The van der Waals surface area contributed by atoms with Gasteiger partial charge in [0.05, 0.1) is 24.9 Å². The van der Waals surface area contributed by atoms with Crippen LogP contribution in [-0.4, -0.2) is 64.8 Å². The molecule has 0 radical (unpaired) electrons. The largest absolute Gasteiger partial charge is 0.508 e. The van der Waals surface area contributed by atoms with Gasteiger partial charge in [0.2, 0.25) is 11.8 Å². The molecule has 0 spiro atoms. The number of aliphatic hydroxyl groups excluding tert-OH is 2. The topological polar surface area (TPSA) is 141 Å². The fourth-order valence-corrected chi connectivity index (χ4v) is 5.78. The molecule has 0 aromatic heterocycles. The molecule has 1 saturated heterocycles. The fraction of sp³-hybridized carbons (Fsp3) is 0.459. The molecule has 0 bridgehead atoms. The molecule has 3 aromatic carbocycles. The number of nitrogens with one attached hydrogen (secondary N) is 2. The first-order chi connectivity index (χ1) is 22.6. The van der Waals surface area contributed by atoms with Crippen LogP contribution < -0.4 is 10.6 Å². The number of ether oxygens (including phenoxy) is 2. The average Bonchev–Trinajstić information content (AvgIpc) is 3.06. The zero-order valence-corrected chi connectivity index (χ0v) is 27.6. The number of likely N-dealkylation sites (N-methyl/N-ethyl adjacent to an activating group) is 1. The van der Waals surface area contributed by atoms with Crippen molar-refractivity contribution >= 4 is 11.8 Å². The second kappa shape index (κ2) is 17.9. The van der Waals surface area contributed by atoms with Gasteiger partial charge in [-0.05, 0) is 54.3 Å². The number of hydrogen-bond acceptors (Lipinski definition) is 8. The van der Waals surface area contributed by atoms with Crippen molar-refractivity contribution in [1.29, 1.82) is 0 Å². The van der Waals surface area contributed by atoms with Gasteiger partial charge in [0, 0.05) is 51.0 Å². The zero-order chi connectivity index (χ0) is 33.8. The van der Waals surface area contributed by atoms with Crippen molar-refractivity contribution in [2.75, 3.05) is 26.7 Å². The average molecular weight is 648 g/mol. The van der Waals surface area contributed by atoms with Gasteiger partial charge in [-0.3, -0.25) is 9.59 Å². The normalized spacial score (nSPS) is 20.1.